The van der Waals surface area contributed by atoms with Gasteiger partial charge in [0.05, 0.1) is 12.9 Å². The van der Waals surface area contributed by atoms with E-state index < -0.39 is 37.6 Å². The second-order valence-electron chi connectivity index (χ2n) is 9.28. The van der Waals surface area contributed by atoms with Crippen molar-refractivity contribution < 1.29 is 23.2 Å². The van der Waals surface area contributed by atoms with Crippen LogP contribution in [0.15, 0.2) is 12.7 Å². The van der Waals surface area contributed by atoms with Gasteiger partial charge < -0.3 is 18.8 Å². The third kappa shape index (κ3) is 4.77. The molecule has 0 aromatic carbocycles. The number of hydrogen-bond acceptors (Lipinski definition) is 10. The highest BCUT2D eigenvalue weighted by molar-refractivity contribution is 9.00. The third-order valence-corrected chi connectivity index (χ3v) is 20.4. The lowest BCUT2D eigenvalue weighted by Gasteiger charge is -2.39. The Bertz CT molecular complexity index is 1030. The van der Waals surface area contributed by atoms with Gasteiger partial charge in [0.1, 0.15) is 18.5 Å². The molecule has 0 spiro atoms. The first-order chi connectivity index (χ1) is 14.9. The second-order valence-corrected chi connectivity index (χ2v) is 24.8. The van der Waals surface area contributed by atoms with Crippen LogP contribution in [0.3, 0.4) is 0 Å². The molecule has 0 aliphatic carbocycles. The Morgan fingerprint density at radius 2 is 2.00 bits per heavy atom. The lowest BCUT2D eigenvalue weighted by molar-refractivity contribution is -0.0378. The maximum Gasteiger partial charge on any atom is 0.242 e. The molecule has 1 unspecified atom stereocenters. The largest absolute Gasteiger partial charge is 0.492 e. The Morgan fingerprint density at radius 3 is 2.66 bits per heavy atom. The van der Waals surface area contributed by atoms with E-state index in [1.54, 1.807) is 22.8 Å². The average molecular weight is 539 g/mol. The van der Waals surface area contributed by atoms with Gasteiger partial charge in [-0.1, -0.05) is 43.5 Å². The van der Waals surface area contributed by atoms with Crippen LogP contribution < -0.4 is 0 Å². The monoisotopic (exact) mass is 538 g/mol. The van der Waals surface area contributed by atoms with Crippen LogP contribution in [0.25, 0.3) is 11.2 Å². The summed E-state index contributed by atoms with van der Waals surface area (Å²) in [5, 5.41) is 9.86. The van der Waals surface area contributed by atoms with Gasteiger partial charge >= 0.3 is 0 Å². The van der Waals surface area contributed by atoms with Crippen LogP contribution in [0.5, 0.6) is 5.88 Å². The van der Waals surface area contributed by atoms with Crippen LogP contribution >= 0.6 is 27.4 Å². The highest BCUT2D eigenvalue weighted by Gasteiger charge is 2.52. The van der Waals surface area contributed by atoms with Crippen molar-refractivity contribution in [2.75, 3.05) is 18.1 Å². The van der Waals surface area contributed by atoms with E-state index in [0.29, 0.717) is 5.65 Å². The molecule has 2 aliphatic rings. The van der Waals surface area contributed by atoms with E-state index in [0.717, 1.165) is 11.5 Å². The molecule has 0 saturated carbocycles. The highest BCUT2D eigenvalue weighted by Crippen LogP contribution is 2.74. The summed E-state index contributed by atoms with van der Waals surface area (Å²) in [6.07, 6.45) is -1.31. The second kappa shape index (κ2) is 9.07. The first kappa shape index (κ1) is 24.8. The zero-order chi connectivity index (χ0) is 23.3. The molecule has 2 aliphatic heterocycles. The molecule has 4 rings (SSSR count). The van der Waals surface area contributed by atoms with E-state index in [-0.39, 0.29) is 23.0 Å². The molecule has 4 heterocycles. The van der Waals surface area contributed by atoms with Gasteiger partial charge in [0, 0.05) is 11.5 Å². The minimum atomic E-state index is -2.30. The molecule has 0 radical (unpaired) electrons. The van der Waals surface area contributed by atoms with Crippen LogP contribution in [0, 0.1) is 0 Å². The summed E-state index contributed by atoms with van der Waals surface area (Å²) in [5.41, 5.74) is 0.492. The van der Waals surface area contributed by atoms with Gasteiger partial charge in [-0.2, -0.15) is 4.98 Å². The van der Waals surface area contributed by atoms with Crippen molar-refractivity contribution in [2.24, 2.45) is 0 Å². The van der Waals surface area contributed by atoms with Crippen LogP contribution in [-0.2, 0) is 25.5 Å². The predicted octanol–water partition coefficient (Wildman–Crippen LogP) is 4.88. The number of nitrogens with zero attached hydrogens (tertiary/aromatic N) is 4. The van der Waals surface area contributed by atoms with E-state index in [9.17, 15) is 5.11 Å². The Labute approximate surface area is 201 Å². The Balaban J connectivity index is 1.63. The summed E-state index contributed by atoms with van der Waals surface area (Å²) in [6.45, 7) is 10.7. The van der Waals surface area contributed by atoms with Crippen molar-refractivity contribution in [1.29, 1.82) is 0 Å². The van der Waals surface area contributed by atoms with Gasteiger partial charge in [-0.3, -0.25) is 4.57 Å². The predicted molar refractivity (Wildman–Crippen MR) is 133 cm³/mol. The number of fused-ring (bicyclic) bond motifs is 1. The first-order valence-electron chi connectivity index (χ1n) is 10.3. The lowest BCUT2D eigenvalue weighted by atomic mass is 10.1. The minimum Gasteiger partial charge on any atom is -0.492 e. The number of ether oxygens (including phenoxy) is 1. The zero-order valence-corrected chi connectivity index (χ0v) is 22.9. The van der Waals surface area contributed by atoms with Crippen molar-refractivity contribution >= 4 is 58.7 Å². The Kier molecular flexibility index (Phi) is 7.04. The van der Waals surface area contributed by atoms with Gasteiger partial charge in [0.25, 0.3) is 0 Å². The van der Waals surface area contributed by atoms with Crippen LogP contribution in [0.2, 0.25) is 18.1 Å². The van der Waals surface area contributed by atoms with Gasteiger partial charge in [0.2, 0.25) is 5.88 Å². The molecule has 8 nitrogen and oxygen atoms in total. The molecule has 4 atom stereocenters. The van der Waals surface area contributed by atoms with Crippen molar-refractivity contribution in [3.8, 4) is 5.88 Å². The van der Waals surface area contributed by atoms with E-state index in [1.807, 2.05) is 0 Å². The molecule has 2 fully saturated rings. The summed E-state index contributed by atoms with van der Waals surface area (Å²) in [7, 11) is -2.30. The zero-order valence-electron chi connectivity index (χ0n) is 18.6. The average Bonchev–Trinajstić information content (AvgIpc) is 3.39. The molecule has 14 heteroatoms. The molecular formula is C18H28FN4O4PS3Si. The van der Waals surface area contributed by atoms with Crippen LogP contribution in [0.1, 0.15) is 27.0 Å². The summed E-state index contributed by atoms with van der Waals surface area (Å²) >= 11 is 9.05. The molecule has 178 valence electrons. The Morgan fingerprint density at radius 1 is 1.31 bits per heavy atom. The molecule has 2 saturated heterocycles. The molecule has 2 aromatic rings. The SMILES string of the molecule is CC(C)(C)[Si](C)(C)OC1[C@@H](F)[C@H](n2cnc3c(O)ncnc32)O[C@@H]1COP1(=S)SCCS1. The molecule has 0 amide bonds. The van der Waals surface area contributed by atoms with E-state index in [4.69, 9.17) is 25.5 Å². The minimum absolute atomic E-state index is 0.0969. The molecule has 2 aromatic heterocycles. The van der Waals surface area contributed by atoms with Crippen LogP contribution in [0.4, 0.5) is 4.39 Å². The molecule has 0 bridgehead atoms. The number of rotatable bonds is 6. The van der Waals surface area contributed by atoms with E-state index >= 15 is 4.39 Å². The van der Waals surface area contributed by atoms with Crippen molar-refractivity contribution in [3.05, 3.63) is 12.7 Å². The topological polar surface area (TPSA) is 91.5 Å². The van der Waals surface area contributed by atoms with Crippen LogP contribution in [-0.4, -0.2) is 69.4 Å². The maximum absolute atomic E-state index is 15.9. The number of hydrogen-bond donors (Lipinski definition) is 1. The summed E-state index contributed by atoms with van der Waals surface area (Å²) in [6, 6.07) is 0. The van der Waals surface area contributed by atoms with Gasteiger partial charge in [-0.25, -0.2) is 14.4 Å². The fraction of sp³-hybridized carbons (Fsp3) is 0.722. The van der Waals surface area contributed by atoms with Gasteiger partial charge in [0.15, 0.2) is 36.5 Å². The van der Waals surface area contributed by atoms with Crippen molar-refractivity contribution in [1.82, 2.24) is 19.5 Å². The number of aromatic hydroxyl groups is 1. The number of halogens is 1. The van der Waals surface area contributed by atoms with Crippen molar-refractivity contribution in [2.45, 2.75) is 63.5 Å². The summed E-state index contributed by atoms with van der Waals surface area (Å²) in [4.78, 5) is 12.0. The number of imidazole rings is 1. The van der Waals surface area contributed by atoms with Crippen molar-refractivity contribution in [3.63, 3.8) is 0 Å². The summed E-state index contributed by atoms with van der Waals surface area (Å²) in [5.74, 6) is 1.68. The lowest BCUT2D eigenvalue weighted by Crippen LogP contribution is -2.49. The van der Waals surface area contributed by atoms with Gasteiger partial charge in [-0.15, -0.1) is 0 Å². The number of aromatic nitrogens is 4. The summed E-state index contributed by atoms with van der Waals surface area (Å²) < 4.78 is 34.2. The Hall–Kier alpha value is -0.273. The molecule has 32 heavy (non-hydrogen) atoms. The third-order valence-electron chi connectivity index (χ3n) is 6.10. The first-order valence-corrected chi connectivity index (χ1v) is 19.1. The molecular weight excluding hydrogens is 510 g/mol. The normalized spacial score (nSPS) is 28.6. The fourth-order valence-electron chi connectivity index (χ4n) is 3.31. The number of alkyl halides is 1. The standard InChI is InChI=1S/C18H28FN4O4PS3Si/c1-18(2,3)32(4,5)27-14-11(8-25-28(29)30-6-7-31-28)26-17(12(14)19)23-10-22-13-15(23)20-9-21-16(13)24/h9-12,14,17H,6-8H2,1-5H3,(H,20,21,24)/t11-,12-,14?,17-/m1/s1. The van der Waals surface area contributed by atoms with Gasteiger partial charge in [-0.05, 0) is 29.9 Å². The van der Waals surface area contributed by atoms with E-state index in [1.165, 1.54) is 17.2 Å². The van der Waals surface area contributed by atoms with E-state index in [2.05, 4.69) is 48.8 Å². The quantitative estimate of drug-likeness (QED) is 0.405. The smallest absolute Gasteiger partial charge is 0.242 e. The highest BCUT2D eigenvalue weighted by atomic mass is 33.2. The molecule has 1 N–H and O–H groups in total. The fourth-order valence-corrected chi connectivity index (χ4v) is 13.5. The maximum atomic E-state index is 15.9.